The largest absolute Gasteiger partial charge is 0.507 e. The molecule has 1 heterocycles. The molecule has 1 aliphatic heterocycles. The second-order valence-corrected chi connectivity index (χ2v) is 11.8. The molecule has 0 radical (unpaired) electrons. The molecule has 230 valence electrons. The molecule has 0 aromatic heterocycles. The van der Waals surface area contributed by atoms with Crippen molar-refractivity contribution in [3.63, 3.8) is 0 Å². The van der Waals surface area contributed by atoms with Gasteiger partial charge in [0.15, 0.2) is 23.6 Å². The lowest BCUT2D eigenvalue weighted by molar-refractivity contribution is -0.249. The Balaban J connectivity index is 1.37. The molecule has 0 spiro atoms. The Bertz CT molecular complexity index is 1690. The summed E-state index contributed by atoms with van der Waals surface area (Å²) in [6, 6.07) is 12.9. The van der Waals surface area contributed by atoms with Crippen molar-refractivity contribution in [1.82, 2.24) is 5.32 Å². The monoisotopic (exact) mass is 602 g/mol. The third-order valence-corrected chi connectivity index (χ3v) is 9.06. The number of benzene rings is 3. The van der Waals surface area contributed by atoms with Gasteiger partial charge in [-0.15, -0.1) is 0 Å². The number of nitrogens with one attached hydrogen (secondary N) is 1. The van der Waals surface area contributed by atoms with Crippen LogP contribution in [0.4, 0.5) is 5.69 Å². The van der Waals surface area contributed by atoms with Crippen LogP contribution in [0.2, 0.25) is 0 Å². The molecular weight excluding hydrogens is 568 g/mol. The number of phenols is 2. The van der Waals surface area contributed by atoms with Crippen molar-refractivity contribution in [3.05, 3.63) is 87.5 Å². The van der Waals surface area contributed by atoms with Crippen molar-refractivity contribution in [1.29, 1.82) is 0 Å². The van der Waals surface area contributed by atoms with E-state index in [1.165, 1.54) is 19.1 Å². The number of para-hydroxylation sites is 1. The third-order valence-electron chi connectivity index (χ3n) is 9.06. The zero-order chi connectivity index (χ0) is 31.5. The average molecular weight is 603 g/mol. The number of phenolic OH excluding ortho intramolecular Hbond substituents is 2. The van der Waals surface area contributed by atoms with Crippen molar-refractivity contribution >= 4 is 23.0 Å². The number of anilines is 1. The van der Waals surface area contributed by atoms with Crippen LogP contribution in [0.1, 0.15) is 81.3 Å². The van der Waals surface area contributed by atoms with Crippen LogP contribution in [-0.2, 0) is 27.2 Å². The number of hydrogen-bond acceptors (Lipinski definition) is 11. The second-order valence-electron chi connectivity index (χ2n) is 11.8. The summed E-state index contributed by atoms with van der Waals surface area (Å²) in [5.74, 6) is -3.07. The van der Waals surface area contributed by atoms with E-state index >= 15 is 0 Å². The van der Waals surface area contributed by atoms with Gasteiger partial charge in [0.2, 0.25) is 0 Å². The number of nitrogen functional groups attached to an aromatic ring is 1. The number of carbonyl (C=O) groups is 3. The van der Waals surface area contributed by atoms with Gasteiger partial charge in [0, 0.05) is 59.8 Å². The van der Waals surface area contributed by atoms with Crippen LogP contribution in [-0.4, -0.2) is 67.9 Å². The van der Waals surface area contributed by atoms with Crippen LogP contribution in [0.3, 0.4) is 0 Å². The summed E-state index contributed by atoms with van der Waals surface area (Å²) in [6.07, 6.45) is -4.36. The minimum atomic E-state index is -2.00. The molecule has 11 nitrogen and oxygen atoms in total. The van der Waals surface area contributed by atoms with E-state index in [0.717, 1.165) is 5.56 Å². The summed E-state index contributed by atoms with van der Waals surface area (Å²) in [4.78, 5) is 39.7. The van der Waals surface area contributed by atoms with E-state index in [4.69, 9.17) is 15.2 Å². The number of aromatic hydroxyl groups is 2. The highest BCUT2D eigenvalue weighted by Crippen LogP contribution is 2.52. The van der Waals surface area contributed by atoms with E-state index in [-0.39, 0.29) is 46.2 Å². The second kappa shape index (κ2) is 11.1. The zero-order valence-corrected chi connectivity index (χ0v) is 24.2. The molecule has 3 aromatic carbocycles. The van der Waals surface area contributed by atoms with Crippen molar-refractivity contribution in [2.24, 2.45) is 0 Å². The van der Waals surface area contributed by atoms with E-state index < -0.39 is 71.5 Å². The smallest absolute Gasteiger partial charge is 0.198 e. The molecule has 3 aliphatic rings. The predicted molar refractivity (Wildman–Crippen MR) is 157 cm³/mol. The van der Waals surface area contributed by atoms with E-state index in [2.05, 4.69) is 5.32 Å². The number of nitrogens with two attached hydrogens (primary N) is 1. The standard InChI is InChI=1S/C33H34N2O9/c1-15-28(37)22(35-14-17-7-3-6-10-21(17)34)11-24(43-15)44-23-13-33(42,16(2)36)12-20-25(23)32(41)27-26(31(20)40)29(38)18-8-4-5-9-19(18)30(27)39/h3-10,15,22-24,28,35,37,40-42H,11-14,34H2,1-2H3/t15-,22-,23-,24-,28+,33-/m0/s1. The van der Waals surface area contributed by atoms with Crippen molar-refractivity contribution in [2.45, 2.75) is 75.9 Å². The fraction of sp³-hybridized carbons (Fsp3) is 0.364. The number of carbonyl (C=O) groups excluding carboxylic acids is 3. The minimum absolute atomic E-state index is 0.00310. The van der Waals surface area contributed by atoms with E-state index in [1.54, 1.807) is 25.1 Å². The summed E-state index contributed by atoms with van der Waals surface area (Å²) in [6.45, 7) is 3.24. The van der Waals surface area contributed by atoms with E-state index in [9.17, 15) is 34.8 Å². The first-order chi connectivity index (χ1) is 20.9. The van der Waals surface area contributed by atoms with Gasteiger partial charge in [-0.3, -0.25) is 14.4 Å². The molecule has 7 N–H and O–H groups in total. The molecule has 1 fully saturated rings. The summed E-state index contributed by atoms with van der Waals surface area (Å²) in [7, 11) is 0. The third kappa shape index (κ3) is 4.86. The van der Waals surface area contributed by atoms with Gasteiger partial charge in [-0.25, -0.2) is 0 Å². The van der Waals surface area contributed by atoms with Gasteiger partial charge in [-0.2, -0.15) is 0 Å². The lowest BCUT2D eigenvalue weighted by Crippen LogP contribution is -2.54. The highest BCUT2D eigenvalue weighted by atomic mass is 16.7. The van der Waals surface area contributed by atoms with Gasteiger partial charge >= 0.3 is 0 Å². The fourth-order valence-corrected chi connectivity index (χ4v) is 6.53. The Morgan fingerprint density at radius 3 is 2.30 bits per heavy atom. The molecule has 0 bridgehead atoms. The molecule has 0 amide bonds. The Labute approximate surface area is 253 Å². The van der Waals surface area contributed by atoms with E-state index in [0.29, 0.717) is 12.2 Å². The Morgan fingerprint density at radius 1 is 1.05 bits per heavy atom. The van der Waals surface area contributed by atoms with Crippen LogP contribution in [0, 0.1) is 0 Å². The van der Waals surface area contributed by atoms with E-state index in [1.807, 2.05) is 18.2 Å². The van der Waals surface area contributed by atoms with Crippen molar-refractivity contribution in [3.8, 4) is 11.5 Å². The maximum absolute atomic E-state index is 13.5. The number of Topliss-reactive ketones (excluding diaryl/α,β-unsaturated/α-hetero) is 1. The summed E-state index contributed by atoms with van der Waals surface area (Å²) < 4.78 is 12.3. The van der Waals surface area contributed by atoms with Gasteiger partial charge in [0.1, 0.15) is 17.1 Å². The van der Waals surface area contributed by atoms with Gasteiger partial charge in [0.25, 0.3) is 0 Å². The molecule has 3 aromatic rings. The number of aliphatic hydroxyl groups is 2. The number of hydrogen-bond donors (Lipinski definition) is 6. The topological polar surface area (TPSA) is 189 Å². The van der Waals surface area contributed by atoms with Crippen LogP contribution >= 0.6 is 0 Å². The summed E-state index contributed by atoms with van der Waals surface area (Å²) in [5.41, 5.74) is 4.86. The highest BCUT2D eigenvalue weighted by Gasteiger charge is 2.49. The number of rotatable bonds is 6. The van der Waals surface area contributed by atoms with Crippen LogP contribution < -0.4 is 11.1 Å². The lowest BCUT2D eigenvalue weighted by atomic mass is 9.72. The number of ketones is 3. The van der Waals surface area contributed by atoms with Crippen LogP contribution in [0.15, 0.2) is 48.5 Å². The Hall–Kier alpha value is -4.13. The number of aliphatic hydroxyl groups excluding tert-OH is 1. The summed E-state index contributed by atoms with van der Waals surface area (Å²) >= 11 is 0. The zero-order valence-electron chi connectivity index (χ0n) is 24.2. The quantitative estimate of drug-likeness (QED) is 0.140. The molecule has 44 heavy (non-hydrogen) atoms. The first kappa shape index (κ1) is 29.9. The molecule has 11 heteroatoms. The predicted octanol–water partition coefficient (Wildman–Crippen LogP) is 2.43. The molecule has 6 atom stereocenters. The van der Waals surface area contributed by atoms with Crippen molar-refractivity contribution in [2.75, 3.05) is 5.73 Å². The highest BCUT2D eigenvalue weighted by molar-refractivity contribution is 6.30. The number of fused-ring (bicyclic) bond motifs is 3. The minimum Gasteiger partial charge on any atom is -0.507 e. The van der Waals surface area contributed by atoms with Crippen LogP contribution in [0.25, 0.3) is 0 Å². The maximum atomic E-state index is 13.5. The van der Waals surface area contributed by atoms with Gasteiger partial charge in [-0.1, -0.05) is 42.5 Å². The summed E-state index contributed by atoms with van der Waals surface area (Å²) in [5, 5.41) is 48.6. The molecular formula is C33H34N2O9. The Kier molecular flexibility index (Phi) is 7.55. The van der Waals surface area contributed by atoms with Gasteiger partial charge < -0.3 is 41.0 Å². The Morgan fingerprint density at radius 2 is 1.66 bits per heavy atom. The first-order valence-corrected chi connectivity index (χ1v) is 14.5. The first-order valence-electron chi connectivity index (χ1n) is 14.5. The molecule has 6 rings (SSSR count). The maximum Gasteiger partial charge on any atom is 0.198 e. The average Bonchev–Trinajstić information content (AvgIpc) is 2.99. The molecule has 1 saturated heterocycles. The molecule has 0 saturated carbocycles. The van der Waals surface area contributed by atoms with Gasteiger partial charge in [-0.05, 0) is 25.5 Å². The van der Waals surface area contributed by atoms with Crippen molar-refractivity contribution < 1.29 is 44.3 Å². The fourth-order valence-electron chi connectivity index (χ4n) is 6.53. The SMILES string of the molecule is CC(=O)[C@]1(O)Cc2c(O)c3c(c(O)c2[C@@H](O[C@H]2C[C@H](NCc4ccccc4N)[C@H](O)[C@H](C)O2)C1)C(=O)c1ccccc1C3=O. The normalized spacial score (nSPS) is 27.8. The van der Waals surface area contributed by atoms with Crippen LogP contribution in [0.5, 0.6) is 11.5 Å². The lowest BCUT2D eigenvalue weighted by Gasteiger charge is -2.43. The van der Waals surface area contributed by atoms with Gasteiger partial charge in [0.05, 0.1) is 29.4 Å². The molecule has 2 aliphatic carbocycles. The number of ether oxygens (including phenoxy) is 2. The molecule has 0 unspecified atom stereocenters.